The Kier molecular flexibility index (Phi) is 7.08. The van der Waals surface area contributed by atoms with E-state index < -0.39 is 18.1 Å². The summed E-state index contributed by atoms with van der Waals surface area (Å²) in [5.74, 6) is -0.407. The average Bonchev–Trinajstić information content (AvgIpc) is 2.47. The van der Waals surface area contributed by atoms with E-state index in [0.29, 0.717) is 5.75 Å². The first kappa shape index (κ1) is 16.8. The van der Waals surface area contributed by atoms with Gasteiger partial charge < -0.3 is 19.9 Å². The quantitative estimate of drug-likeness (QED) is 0.718. The number of methoxy groups -OCH3 is 1. The first-order valence-corrected chi connectivity index (χ1v) is 6.85. The summed E-state index contributed by atoms with van der Waals surface area (Å²) in [6.07, 6.45) is 1.14. The van der Waals surface area contributed by atoms with Crippen molar-refractivity contribution in [2.75, 3.05) is 13.7 Å². The molecule has 1 rings (SSSR count). The Hall–Kier alpha value is -2.24. The highest BCUT2D eigenvalue weighted by molar-refractivity contribution is 5.80. The number of ether oxygens (including phenoxy) is 2. The van der Waals surface area contributed by atoms with Gasteiger partial charge in [-0.15, -0.1) is 0 Å². The second-order valence-corrected chi connectivity index (χ2v) is 4.58. The van der Waals surface area contributed by atoms with Crippen LogP contribution in [0.25, 0.3) is 0 Å². The molecule has 0 fully saturated rings. The SMILES string of the molecule is CCCCOC(=O)NC(Cc1ccc(OC)cc1)C(=O)O. The molecule has 1 aromatic carbocycles. The Morgan fingerprint density at radius 3 is 2.48 bits per heavy atom. The molecule has 0 bridgehead atoms. The Labute approximate surface area is 124 Å². The molecule has 0 spiro atoms. The van der Waals surface area contributed by atoms with Crippen LogP contribution in [0.1, 0.15) is 25.3 Å². The van der Waals surface area contributed by atoms with E-state index in [1.165, 1.54) is 0 Å². The maximum atomic E-state index is 11.5. The molecule has 2 N–H and O–H groups in total. The second-order valence-electron chi connectivity index (χ2n) is 4.58. The molecule has 6 heteroatoms. The molecule has 1 aromatic rings. The van der Waals surface area contributed by atoms with Crippen molar-refractivity contribution in [2.24, 2.45) is 0 Å². The highest BCUT2D eigenvalue weighted by Gasteiger charge is 2.21. The minimum absolute atomic E-state index is 0.183. The second kappa shape index (κ2) is 8.84. The lowest BCUT2D eigenvalue weighted by molar-refractivity contribution is -0.139. The summed E-state index contributed by atoms with van der Waals surface area (Å²) in [6.45, 7) is 2.27. The van der Waals surface area contributed by atoms with Gasteiger partial charge in [0.25, 0.3) is 0 Å². The summed E-state index contributed by atoms with van der Waals surface area (Å²) in [6, 6.07) is 5.99. The van der Waals surface area contributed by atoms with Crippen LogP contribution in [0.4, 0.5) is 4.79 Å². The number of carboxylic acids is 1. The molecule has 0 heterocycles. The van der Waals surface area contributed by atoms with Gasteiger partial charge in [0.2, 0.25) is 0 Å². The van der Waals surface area contributed by atoms with Gasteiger partial charge in [0.15, 0.2) is 0 Å². The Balaban J connectivity index is 2.56. The topological polar surface area (TPSA) is 84.9 Å². The smallest absolute Gasteiger partial charge is 0.407 e. The summed E-state index contributed by atoms with van der Waals surface area (Å²) < 4.78 is 9.94. The minimum atomic E-state index is -1.10. The Morgan fingerprint density at radius 2 is 1.95 bits per heavy atom. The van der Waals surface area contributed by atoms with Crippen LogP contribution in [-0.2, 0) is 16.0 Å². The molecule has 0 saturated heterocycles. The monoisotopic (exact) mass is 295 g/mol. The summed E-state index contributed by atoms with van der Waals surface area (Å²) >= 11 is 0. The standard InChI is InChI=1S/C15H21NO5/c1-3-4-9-21-15(19)16-13(14(17)18)10-11-5-7-12(20-2)8-6-11/h5-8,13H,3-4,9-10H2,1-2H3,(H,16,19)(H,17,18). The van der Waals surface area contributed by atoms with Crippen molar-refractivity contribution < 1.29 is 24.2 Å². The first-order valence-electron chi connectivity index (χ1n) is 6.85. The van der Waals surface area contributed by atoms with Gasteiger partial charge in [0.1, 0.15) is 11.8 Å². The number of benzene rings is 1. The largest absolute Gasteiger partial charge is 0.497 e. The molecular weight excluding hydrogens is 274 g/mol. The van der Waals surface area contributed by atoms with Crippen LogP contribution in [0.3, 0.4) is 0 Å². The Morgan fingerprint density at radius 1 is 1.29 bits per heavy atom. The predicted molar refractivity (Wildman–Crippen MR) is 77.5 cm³/mol. The number of alkyl carbamates (subject to hydrolysis) is 1. The van der Waals surface area contributed by atoms with E-state index >= 15 is 0 Å². The molecule has 0 saturated carbocycles. The zero-order valence-electron chi connectivity index (χ0n) is 12.3. The van der Waals surface area contributed by atoms with E-state index in [0.717, 1.165) is 18.4 Å². The van der Waals surface area contributed by atoms with Crippen LogP contribution in [0.15, 0.2) is 24.3 Å². The van der Waals surface area contributed by atoms with E-state index in [-0.39, 0.29) is 13.0 Å². The number of carbonyl (C=O) groups is 2. The van der Waals surface area contributed by atoms with Crippen LogP contribution in [0.2, 0.25) is 0 Å². The van der Waals surface area contributed by atoms with E-state index in [1.54, 1.807) is 31.4 Å². The van der Waals surface area contributed by atoms with E-state index in [9.17, 15) is 9.59 Å². The van der Waals surface area contributed by atoms with E-state index in [2.05, 4.69) is 5.32 Å². The maximum absolute atomic E-state index is 11.5. The van der Waals surface area contributed by atoms with Gasteiger partial charge in [-0.1, -0.05) is 25.5 Å². The van der Waals surface area contributed by atoms with Crippen molar-refractivity contribution in [1.29, 1.82) is 0 Å². The van der Waals surface area contributed by atoms with E-state index in [4.69, 9.17) is 14.6 Å². The van der Waals surface area contributed by atoms with Crippen molar-refractivity contribution in [3.63, 3.8) is 0 Å². The molecule has 0 radical (unpaired) electrons. The number of unbranched alkanes of at least 4 members (excludes halogenated alkanes) is 1. The van der Waals surface area contributed by atoms with E-state index in [1.807, 2.05) is 6.92 Å². The van der Waals surface area contributed by atoms with Crippen LogP contribution in [0.5, 0.6) is 5.75 Å². The molecule has 0 aromatic heterocycles. The van der Waals surface area contributed by atoms with Gasteiger partial charge in [0.05, 0.1) is 13.7 Å². The Bertz CT molecular complexity index is 458. The molecule has 116 valence electrons. The fourth-order valence-corrected chi connectivity index (χ4v) is 1.69. The van der Waals surface area contributed by atoms with Crippen LogP contribution in [-0.4, -0.2) is 36.9 Å². The lowest BCUT2D eigenvalue weighted by atomic mass is 10.1. The fraction of sp³-hybridized carbons (Fsp3) is 0.467. The van der Waals surface area contributed by atoms with Gasteiger partial charge >= 0.3 is 12.1 Å². The lowest BCUT2D eigenvalue weighted by Crippen LogP contribution is -2.42. The highest BCUT2D eigenvalue weighted by atomic mass is 16.5. The third kappa shape index (κ3) is 6.16. The third-order valence-electron chi connectivity index (χ3n) is 2.92. The molecule has 0 aliphatic rings. The van der Waals surface area contributed by atoms with Gasteiger partial charge in [-0.3, -0.25) is 0 Å². The van der Waals surface area contributed by atoms with Crippen molar-refractivity contribution in [3.05, 3.63) is 29.8 Å². The summed E-state index contributed by atoms with van der Waals surface area (Å²) in [4.78, 5) is 22.7. The normalized spacial score (nSPS) is 11.5. The molecule has 0 aliphatic carbocycles. The average molecular weight is 295 g/mol. The number of carboxylic acid groups (broad SMARTS) is 1. The van der Waals surface area contributed by atoms with Gasteiger partial charge in [-0.25, -0.2) is 9.59 Å². The van der Waals surface area contributed by atoms with Crippen LogP contribution in [0, 0.1) is 0 Å². The molecule has 1 atom stereocenters. The first-order chi connectivity index (χ1) is 10.1. The zero-order valence-corrected chi connectivity index (χ0v) is 12.3. The number of rotatable bonds is 8. The summed E-state index contributed by atoms with van der Waals surface area (Å²) in [7, 11) is 1.56. The molecule has 1 unspecified atom stereocenters. The lowest BCUT2D eigenvalue weighted by Gasteiger charge is -2.14. The fourth-order valence-electron chi connectivity index (χ4n) is 1.69. The van der Waals surface area contributed by atoms with Crippen molar-refractivity contribution in [1.82, 2.24) is 5.32 Å². The predicted octanol–water partition coefficient (Wildman–Crippen LogP) is 2.22. The molecule has 0 aliphatic heterocycles. The summed E-state index contributed by atoms with van der Waals surface area (Å²) in [5, 5.41) is 11.5. The summed E-state index contributed by atoms with van der Waals surface area (Å²) in [5.41, 5.74) is 0.789. The van der Waals surface area contributed by atoms with Crippen LogP contribution < -0.4 is 10.1 Å². The molecular formula is C15H21NO5. The molecule has 1 amide bonds. The van der Waals surface area contributed by atoms with Crippen molar-refractivity contribution in [2.45, 2.75) is 32.2 Å². The number of hydrogen-bond donors (Lipinski definition) is 2. The molecule has 6 nitrogen and oxygen atoms in total. The third-order valence-corrected chi connectivity index (χ3v) is 2.92. The number of hydrogen-bond acceptors (Lipinski definition) is 4. The van der Waals surface area contributed by atoms with Gasteiger partial charge in [-0.2, -0.15) is 0 Å². The number of carbonyl (C=O) groups excluding carboxylic acids is 1. The maximum Gasteiger partial charge on any atom is 0.407 e. The zero-order chi connectivity index (χ0) is 15.7. The van der Waals surface area contributed by atoms with Crippen molar-refractivity contribution >= 4 is 12.1 Å². The minimum Gasteiger partial charge on any atom is -0.497 e. The van der Waals surface area contributed by atoms with Crippen molar-refractivity contribution in [3.8, 4) is 5.75 Å². The highest BCUT2D eigenvalue weighted by Crippen LogP contribution is 2.12. The van der Waals surface area contributed by atoms with Gasteiger partial charge in [0, 0.05) is 6.42 Å². The van der Waals surface area contributed by atoms with Gasteiger partial charge in [-0.05, 0) is 24.1 Å². The molecule has 21 heavy (non-hydrogen) atoms. The number of aliphatic carboxylic acids is 1. The van der Waals surface area contributed by atoms with Crippen LogP contribution >= 0.6 is 0 Å². The number of nitrogens with one attached hydrogen (secondary N) is 1. The number of amides is 1.